The first-order valence-corrected chi connectivity index (χ1v) is 8.25. The normalized spacial score (nSPS) is 23.9. The number of fused-ring (bicyclic) bond motifs is 2. The third kappa shape index (κ3) is 2.05. The number of aliphatic carboxylic acids is 1. The molecule has 0 saturated heterocycles. The second-order valence-corrected chi connectivity index (χ2v) is 7.08. The zero-order valence-electron chi connectivity index (χ0n) is 13.8. The maximum atomic E-state index is 11.5. The molecule has 0 radical (unpaired) electrons. The van der Waals surface area contributed by atoms with Gasteiger partial charge in [-0.25, -0.2) is 0 Å². The molecule has 1 aromatic heterocycles. The van der Waals surface area contributed by atoms with Crippen LogP contribution >= 0.6 is 0 Å². The first-order chi connectivity index (χ1) is 11.0. The van der Waals surface area contributed by atoms with Crippen LogP contribution in [0.2, 0.25) is 0 Å². The summed E-state index contributed by atoms with van der Waals surface area (Å²) < 4.78 is 2.33. The maximum Gasteiger partial charge on any atom is 0.311 e. The van der Waals surface area contributed by atoms with Crippen LogP contribution in [0.1, 0.15) is 31.0 Å². The van der Waals surface area contributed by atoms with Crippen LogP contribution < -0.4 is 0 Å². The summed E-state index contributed by atoms with van der Waals surface area (Å²) in [5, 5.41) is 10.7. The van der Waals surface area contributed by atoms with Crippen molar-refractivity contribution >= 4 is 22.4 Å². The van der Waals surface area contributed by atoms with E-state index in [1.54, 1.807) is 0 Å². The largest absolute Gasteiger partial charge is 0.481 e. The van der Waals surface area contributed by atoms with Gasteiger partial charge >= 0.3 is 5.97 Å². The fourth-order valence-corrected chi connectivity index (χ4v) is 4.17. The van der Waals surface area contributed by atoms with Gasteiger partial charge in [-0.05, 0) is 50.1 Å². The summed E-state index contributed by atoms with van der Waals surface area (Å²) in [4.78, 5) is 13.7. The summed E-state index contributed by atoms with van der Waals surface area (Å²) in [5.41, 5.74) is 5.04. The Morgan fingerprint density at radius 1 is 1.35 bits per heavy atom. The summed E-state index contributed by atoms with van der Waals surface area (Å²) >= 11 is 0. The van der Waals surface area contributed by atoms with Gasteiger partial charge in [-0.2, -0.15) is 0 Å². The van der Waals surface area contributed by atoms with E-state index < -0.39 is 11.9 Å². The Labute approximate surface area is 136 Å². The lowest BCUT2D eigenvalue weighted by Gasteiger charge is -2.38. The maximum absolute atomic E-state index is 11.5. The standard InChI is InChI=1S/C19H22N2O2/c1-11(2)21-10-12-8-17-15(7-13(19(22)23)9-20(17)3)14-5-4-6-16(21)18(12)14/h4-7,10-11,13,17H,8-9H2,1-3H3,(H,22,23). The van der Waals surface area contributed by atoms with E-state index in [4.69, 9.17) is 0 Å². The Morgan fingerprint density at radius 2 is 2.13 bits per heavy atom. The molecule has 1 aromatic carbocycles. The first-order valence-electron chi connectivity index (χ1n) is 8.25. The van der Waals surface area contributed by atoms with Crippen LogP contribution in [-0.4, -0.2) is 40.2 Å². The van der Waals surface area contributed by atoms with E-state index in [-0.39, 0.29) is 6.04 Å². The van der Waals surface area contributed by atoms with Crippen molar-refractivity contribution in [3.8, 4) is 0 Å². The molecule has 0 fully saturated rings. The smallest absolute Gasteiger partial charge is 0.311 e. The van der Waals surface area contributed by atoms with Gasteiger partial charge in [-0.15, -0.1) is 0 Å². The van der Waals surface area contributed by atoms with Crippen molar-refractivity contribution in [1.82, 2.24) is 9.47 Å². The average Bonchev–Trinajstić information content (AvgIpc) is 2.88. The number of aromatic nitrogens is 1. The molecular formula is C19H22N2O2. The third-order valence-electron chi connectivity index (χ3n) is 5.29. The second-order valence-electron chi connectivity index (χ2n) is 7.08. The Bertz CT molecular complexity index is 831. The van der Waals surface area contributed by atoms with Gasteiger partial charge in [-0.1, -0.05) is 18.2 Å². The molecule has 2 atom stereocenters. The van der Waals surface area contributed by atoms with Crippen LogP contribution in [0.5, 0.6) is 0 Å². The molecule has 0 spiro atoms. The van der Waals surface area contributed by atoms with Crippen LogP contribution in [0.3, 0.4) is 0 Å². The van der Waals surface area contributed by atoms with Gasteiger partial charge in [0.15, 0.2) is 0 Å². The zero-order chi connectivity index (χ0) is 16.3. The second kappa shape index (κ2) is 4.96. The molecule has 1 aliphatic carbocycles. The van der Waals surface area contributed by atoms with E-state index in [0.717, 1.165) is 6.42 Å². The van der Waals surface area contributed by atoms with Crippen molar-refractivity contribution in [2.24, 2.45) is 5.92 Å². The van der Waals surface area contributed by atoms with Gasteiger partial charge in [0.1, 0.15) is 0 Å². The van der Waals surface area contributed by atoms with Gasteiger partial charge in [-0.3, -0.25) is 9.69 Å². The summed E-state index contributed by atoms with van der Waals surface area (Å²) in [5.74, 6) is -1.16. The number of carboxylic acids is 1. The lowest BCUT2D eigenvalue weighted by Crippen LogP contribution is -2.44. The van der Waals surface area contributed by atoms with Crippen LogP contribution in [0.4, 0.5) is 0 Å². The number of benzene rings is 1. The third-order valence-corrected chi connectivity index (χ3v) is 5.29. The molecule has 0 amide bonds. The van der Waals surface area contributed by atoms with Crippen molar-refractivity contribution in [2.75, 3.05) is 13.6 Å². The van der Waals surface area contributed by atoms with E-state index in [0.29, 0.717) is 12.6 Å². The highest BCUT2D eigenvalue weighted by Gasteiger charge is 2.36. The fourth-order valence-electron chi connectivity index (χ4n) is 4.17. The van der Waals surface area contributed by atoms with Crippen molar-refractivity contribution in [2.45, 2.75) is 32.4 Å². The van der Waals surface area contributed by atoms with E-state index >= 15 is 0 Å². The molecule has 1 aliphatic heterocycles. The van der Waals surface area contributed by atoms with Gasteiger partial charge in [0.25, 0.3) is 0 Å². The van der Waals surface area contributed by atoms with Crippen LogP contribution in [0.15, 0.2) is 30.5 Å². The number of carboxylic acid groups (broad SMARTS) is 1. The lowest BCUT2D eigenvalue weighted by molar-refractivity contribution is -0.140. The average molecular weight is 310 g/mol. The van der Waals surface area contributed by atoms with Gasteiger partial charge in [0.05, 0.1) is 5.92 Å². The monoisotopic (exact) mass is 310 g/mol. The van der Waals surface area contributed by atoms with Gasteiger partial charge in [0, 0.05) is 35.7 Å². The summed E-state index contributed by atoms with van der Waals surface area (Å²) in [6.07, 6.45) is 5.23. The minimum Gasteiger partial charge on any atom is -0.481 e. The Hall–Kier alpha value is -2.07. The first kappa shape index (κ1) is 14.5. The number of nitrogens with zero attached hydrogens (tertiary/aromatic N) is 2. The SMILES string of the molecule is CC(C)n1cc2c3c(cccc31)C1=CC(C(=O)O)CN(C)C1C2. The number of hydrogen-bond donors (Lipinski definition) is 1. The zero-order valence-corrected chi connectivity index (χ0v) is 13.8. The van der Waals surface area contributed by atoms with Gasteiger partial charge in [0.2, 0.25) is 0 Å². The summed E-state index contributed by atoms with van der Waals surface area (Å²) in [6, 6.07) is 7.11. The molecule has 120 valence electrons. The van der Waals surface area contributed by atoms with E-state index in [1.807, 2.05) is 13.1 Å². The minimum atomic E-state index is -0.736. The summed E-state index contributed by atoms with van der Waals surface area (Å²) in [7, 11) is 2.04. The summed E-state index contributed by atoms with van der Waals surface area (Å²) in [6.45, 7) is 4.99. The predicted octanol–water partition coefficient (Wildman–Crippen LogP) is 3.18. The number of rotatable bonds is 2. The van der Waals surface area contributed by atoms with E-state index in [1.165, 1.54) is 27.6 Å². The quantitative estimate of drug-likeness (QED) is 0.926. The number of hydrogen-bond acceptors (Lipinski definition) is 2. The molecule has 4 rings (SSSR count). The molecule has 23 heavy (non-hydrogen) atoms. The molecule has 2 aromatic rings. The highest BCUT2D eigenvalue weighted by atomic mass is 16.4. The molecule has 4 heteroatoms. The predicted molar refractivity (Wildman–Crippen MR) is 91.5 cm³/mol. The molecular weight excluding hydrogens is 288 g/mol. The Morgan fingerprint density at radius 3 is 2.83 bits per heavy atom. The van der Waals surface area contributed by atoms with Crippen molar-refractivity contribution in [3.05, 3.63) is 41.6 Å². The molecule has 2 unspecified atom stereocenters. The van der Waals surface area contributed by atoms with Crippen molar-refractivity contribution < 1.29 is 9.90 Å². The van der Waals surface area contributed by atoms with Crippen LogP contribution in [-0.2, 0) is 11.2 Å². The highest BCUT2D eigenvalue weighted by Crippen LogP contribution is 2.42. The van der Waals surface area contributed by atoms with E-state index in [9.17, 15) is 9.90 Å². The van der Waals surface area contributed by atoms with Crippen molar-refractivity contribution in [3.63, 3.8) is 0 Å². The molecule has 1 N–H and O–H groups in total. The number of carbonyl (C=O) groups is 1. The fraction of sp³-hybridized carbons (Fsp3) is 0.421. The Balaban J connectivity index is 1.97. The molecule has 2 aliphatic rings. The number of likely N-dealkylation sites (N-methyl/N-ethyl adjacent to an activating group) is 1. The molecule has 0 saturated carbocycles. The topological polar surface area (TPSA) is 45.5 Å². The molecule has 2 heterocycles. The highest BCUT2D eigenvalue weighted by molar-refractivity contribution is 5.99. The van der Waals surface area contributed by atoms with Crippen molar-refractivity contribution in [1.29, 1.82) is 0 Å². The minimum absolute atomic E-state index is 0.284. The van der Waals surface area contributed by atoms with E-state index in [2.05, 4.69) is 47.7 Å². The van der Waals surface area contributed by atoms with Gasteiger partial charge < -0.3 is 9.67 Å². The molecule has 4 nitrogen and oxygen atoms in total. The lowest BCUT2D eigenvalue weighted by atomic mass is 9.80. The van der Waals surface area contributed by atoms with Crippen LogP contribution in [0.25, 0.3) is 16.5 Å². The molecule has 0 bridgehead atoms. The Kier molecular flexibility index (Phi) is 3.13. The van der Waals surface area contributed by atoms with Crippen LogP contribution in [0, 0.1) is 5.92 Å².